The first-order valence-electron chi connectivity index (χ1n) is 17.4. The van der Waals surface area contributed by atoms with Gasteiger partial charge in [-0.2, -0.15) is 0 Å². The largest absolute Gasteiger partial charge is 0.514 e. The van der Waals surface area contributed by atoms with Gasteiger partial charge in [-0.15, -0.1) is 0 Å². The van der Waals surface area contributed by atoms with E-state index in [2.05, 4.69) is 128 Å². The molecule has 0 saturated heterocycles. The summed E-state index contributed by atoms with van der Waals surface area (Å²) >= 11 is 0. The van der Waals surface area contributed by atoms with E-state index in [1.165, 1.54) is 5.56 Å². The lowest BCUT2D eigenvalue weighted by atomic mass is 9.68. The molecule has 0 aliphatic rings. The van der Waals surface area contributed by atoms with Crippen molar-refractivity contribution in [3.8, 4) is 11.5 Å². The molecule has 2 aromatic rings. The van der Waals surface area contributed by atoms with Crippen molar-refractivity contribution in [1.29, 1.82) is 0 Å². The van der Waals surface area contributed by atoms with E-state index in [9.17, 15) is 9.59 Å². The first kappa shape index (κ1) is 41.2. The lowest BCUT2D eigenvalue weighted by Crippen LogP contribution is -2.47. The summed E-state index contributed by atoms with van der Waals surface area (Å²) in [6, 6.07) is 8.44. The molecule has 0 radical (unpaired) electrons. The molecule has 48 heavy (non-hydrogen) atoms. The van der Waals surface area contributed by atoms with Crippen LogP contribution in [0.15, 0.2) is 24.3 Å². The van der Waals surface area contributed by atoms with Gasteiger partial charge in [-0.25, -0.2) is 9.59 Å². The molecule has 0 saturated carbocycles. The zero-order chi connectivity index (χ0) is 37.6. The zero-order valence-electron chi connectivity index (χ0n) is 34.0. The summed E-state index contributed by atoms with van der Waals surface area (Å²) < 4.78 is 24.1. The van der Waals surface area contributed by atoms with Gasteiger partial charge in [-0.3, -0.25) is 0 Å². The van der Waals surface area contributed by atoms with Gasteiger partial charge in [-0.1, -0.05) is 128 Å². The van der Waals surface area contributed by atoms with Crippen molar-refractivity contribution in [2.45, 2.75) is 183 Å². The van der Waals surface area contributed by atoms with Crippen molar-refractivity contribution < 1.29 is 28.5 Å². The fraction of sp³-hybridized carbons (Fsp3) is 0.667. The summed E-state index contributed by atoms with van der Waals surface area (Å²) in [5.41, 5.74) is 2.16. The molecule has 6 heteroatoms. The van der Waals surface area contributed by atoms with Gasteiger partial charge >= 0.3 is 12.3 Å². The number of carbonyl (C=O) groups excluding carboxylic acids is 2. The minimum absolute atomic E-state index is 0.259. The molecule has 0 atom stereocenters. The van der Waals surface area contributed by atoms with Crippen LogP contribution in [0, 0.1) is 0 Å². The van der Waals surface area contributed by atoms with Crippen LogP contribution in [-0.2, 0) is 43.0 Å². The first-order chi connectivity index (χ1) is 21.2. The molecule has 0 aromatic heterocycles. The van der Waals surface area contributed by atoms with Crippen molar-refractivity contribution in [1.82, 2.24) is 0 Å². The number of rotatable bonds is 6. The third-order valence-corrected chi connectivity index (χ3v) is 9.20. The van der Waals surface area contributed by atoms with E-state index in [0.29, 0.717) is 11.5 Å². The van der Waals surface area contributed by atoms with Crippen molar-refractivity contribution in [3.05, 3.63) is 57.6 Å². The number of aryl methyl sites for hydroxylation is 1. The average molecular weight is 667 g/mol. The van der Waals surface area contributed by atoms with Gasteiger partial charge in [0.25, 0.3) is 0 Å². The molecule has 0 bridgehead atoms. The summed E-state index contributed by atoms with van der Waals surface area (Å²) in [7, 11) is 0. The molecule has 0 N–H and O–H groups in total. The summed E-state index contributed by atoms with van der Waals surface area (Å²) in [6.45, 7) is 40.9. The Kier molecular flexibility index (Phi) is 11.5. The number of ether oxygens (including phenoxy) is 4. The van der Waals surface area contributed by atoms with E-state index in [1.54, 1.807) is 0 Å². The van der Waals surface area contributed by atoms with Gasteiger partial charge in [-0.05, 0) is 73.8 Å². The van der Waals surface area contributed by atoms with Crippen LogP contribution in [0.3, 0.4) is 0 Å². The molecule has 0 unspecified atom stereocenters. The standard InChI is InChI=1S/C42H66O6/c1-21-26-22-28(36(2,3)4)32(29(23-26)37(5,6)7)46-35(44)48-42(19,20)41(17,18)27-24-30(38(8,9)10)33(31(25-27)39(11,12)13)45-34(43)47-40(14,15)16/h22-25H,21H2,1-20H3. The van der Waals surface area contributed by atoms with Crippen LogP contribution < -0.4 is 9.47 Å². The van der Waals surface area contributed by atoms with E-state index < -0.39 is 28.9 Å². The molecule has 0 spiro atoms. The predicted molar refractivity (Wildman–Crippen MR) is 198 cm³/mol. The third kappa shape index (κ3) is 9.79. The maximum Gasteiger partial charge on any atom is 0.514 e. The fourth-order valence-electron chi connectivity index (χ4n) is 5.47. The Morgan fingerprint density at radius 1 is 0.500 bits per heavy atom. The van der Waals surface area contributed by atoms with Gasteiger partial charge in [0, 0.05) is 27.7 Å². The average Bonchev–Trinajstić information content (AvgIpc) is 2.84. The van der Waals surface area contributed by atoms with Crippen LogP contribution >= 0.6 is 0 Å². The van der Waals surface area contributed by atoms with Crippen LogP contribution in [0.25, 0.3) is 0 Å². The third-order valence-electron chi connectivity index (χ3n) is 9.20. The Hall–Kier alpha value is -3.02. The van der Waals surface area contributed by atoms with Gasteiger partial charge in [0.1, 0.15) is 22.7 Å². The number of carbonyl (C=O) groups is 2. The Balaban J connectivity index is 2.70. The van der Waals surface area contributed by atoms with Crippen molar-refractivity contribution >= 4 is 12.3 Å². The second-order valence-electron chi connectivity index (χ2n) is 19.4. The molecular weight excluding hydrogens is 600 g/mol. The predicted octanol–water partition coefficient (Wildman–Crippen LogP) is 12.0. The molecule has 0 aliphatic heterocycles. The summed E-state index contributed by atoms with van der Waals surface area (Å²) in [4.78, 5) is 26.8. The summed E-state index contributed by atoms with van der Waals surface area (Å²) in [5, 5.41) is 0. The van der Waals surface area contributed by atoms with Gasteiger partial charge in [0.2, 0.25) is 0 Å². The minimum atomic E-state index is -1.00. The highest BCUT2D eigenvalue weighted by Crippen LogP contribution is 2.47. The van der Waals surface area contributed by atoms with Gasteiger partial charge in [0.15, 0.2) is 0 Å². The van der Waals surface area contributed by atoms with Crippen LogP contribution in [-0.4, -0.2) is 23.5 Å². The SMILES string of the molecule is CCc1cc(C(C)(C)C)c(OC(=O)OC(C)(C)C(C)(C)c2cc(C(C)(C)C)c(OC(=O)OC(C)(C)C)c(C(C)(C)C)c2)c(C(C)(C)C)c1. The van der Waals surface area contributed by atoms with E-state index >= 15 is 0 Å². The van der Waals surface area contributed by atoms with E-state index in [1.807, 2.05) is 34.6 Å². The smallest absolute Gasteiger partial charge is 0.428 e. The van der Waals surface area contributed by atoms with Crippen LogP contribution in [0.5, 0.6) is 11.5 Å². The monoisotopic (exact) mass is 666 g/mol. The summed E-state index contributed by atoms with van der Waals surface area (Å²) in [5.74, 6) is 1.07. The van der Waals surface area contributed by atoms with Crippen LogP contribution in [0.4, 0.5) is 9.59 Å². The van der Waals surface area contributed by atoms with Crippen LogP contribution in [0.1, 0.15) is 172 Å². The lowest BCUT2D eigenvalue weighted by molar-refractivity contribution is -0.0342. The lowest BCUT2D eigenvalue weighted by Gasteiger charge is -2.42. The van der Waals surface area contributed by atoms with Crippen molar-refractivity contribution in [2.75, 3.05) is 0 Å². The Morgan fingerprint density at radius 3 is 1.10 bits per heavy atom. The molecule has 0 amide bonds. The van der Waals surface area contributed by atoms with Gasteiger partial charge in [0.05, 0.1) is 0 Å². The number of hydrogen-bond donors (Lipinski definition) is 0. The van der Waals surface area contributed by atoms with Crippen LogP contribution in [0.2, 0.25) is 0 Å². The quantitative estimate of drug-likeness (QED) is 0.226. The molecule has 0 aliphatic carbocycles. The van der Waals surface area contributed by atoms with Gasteiger partial charge < -0.3 is 18.9 Å². The Morgan fingerprint density at radius 2 is 0.812 bits per heavy atom. The Bertz CT molecular complexity index is 1420. The van der Waals surface area contributed by atoms with E-state index in [0.717, 1.165) is 34.2 Å². The highest BCUT2D eigenvalue weighted by molar-refractivity contribution is 5.69. The highest BCUT2D eigenvalue weighted by Gasteiger charge is 2.45. The maximum absolute atomic E-state index is 13.8. The molecule has 2 aromatic carbocycles. The maximum atomic E-state index is 13.8. The zero-order valence-corrected chi connectivity index (χ0v) is 34.0. The minimum Gasteiger partial charge on any atom is -0.428 e. The Labute approximate surface area is 292 Å². The fourth-order valence-corrected chi connectivity index (χ4v) is 5.47. The van der Waals surface area contributed by atoms with Crippen molar-refractivity contribution in [2.24, 2.45) is 0 Å². The molecule has 270 valence electrons. The topological polar surface area (TPSA) is 71.1 Å². The van der Waals surface area contributed by atoms with E-state index in [4.69, 9.17) is 18.9 Å². The second kappa shape index (κ2) is 13.4. The highest BCUT2D eigenvalue weighted by atomic mass is 16.7. The van der Waals surface area contributed by atoms with E-state index in [-0.39, 0.29) is 21.7 Å². The number of benzene rings is 2. The number of hydrogen-bond acceptors (Lipinski definition) is 6. The molecule has 6 nitrogen and oxygen atoms in total. The normalized spacial score (nSPS) is 13.7. The molecule has 0 fully saturated rings. The summed E-state index contributed by atoms with van der Waals surface area (Å²) in [6.07, 6.45) is -0.606. The molecule has 0 heterocycles. The molecular formula is C42H66O6. The first-order valence-corrected chi connectivity index (χ1v) is 17.4. The molecule has 2 rings (SSSR count). The second-order valence-corrected chi connectivity index (χ2v) is 19.4. The van der Waals surface area contributed by atoms with Crippen molar-refractivity contribution in [3.63, 3.8) is 0 Å².